The molecule has 7 heteroatoms. The van der Waals surface area contributed by atoms with E-state index in [-0.39, 0.29) is 21.9 Å². The van der Waals surface area contributed by atoms with Crippen LogP contribution in [0.4, 0.5) is 13.2 Å². The van der Waals surface area contributed by atoms with E-state index in [1.54, 1.807) is 0 Å². The minimum atomic E-state index is -0.846. The van der Waals surface area contributed by atoms with Gasteiger partial charge in [0.15, 0.2) is 5.82 Å². The Labute approximate surface area is 130 Å². The zero-order valence-corrected chi connectivity index (χ0v) is 12.5. The van der Waals surface area contributed by atoms with Gasteiger partial charge in [0.2, 0.25) is 0 Å². The van der Waals surface area contributed by atoms with Crippen LogP contribution in [0.5, 0.6) is 0 Å². The van der Waals surface area contributed by atoms with E-state index in [1.165, 1.54) is 18.2 Å². The van der Waals surface area contributed by atoms with Gasteiger partial charge in [-0.05, 0) is 40.2 Å². The number of nitrogens with zero attached hydrogens (tertiary/aromatic N) is 2. The molecule has 0 saturated carbocycles. The highest BCUT2D eigenvalue weighted by molar-refractivity contribution is 9.10. The van der Waals surface area contributed by atoms with Gasteiger partial charge in [-0.3, -0.25) is 0 Å². The Morgan fingerprint density at radius 1 is 0.905 bits per heavy atom. The van der Waals surface area contributed by atoms with Gasteiger partial charge in [-0.15, -0.1) is 0 Å². The lowest BCUT2D eigenvalue weighted by atomic mass is 10.1. The van der Waals surface area contributed by atoms with Gasteiger partial charge in [-0.2, -0.15) is 0 Å². The summed E-state index contributed by atoms with van der Waals surface area (Å²) in [5, 5.41) is 0.154. The molecule has 106 valence electrons. The first-order chi connectivity index (χ1) is 9.99. The second-order valence-corrected chi connectivity index (χ2v) is 5.40. The molecule has 21 heavy (non-hydrogen) atoms. The van der Waals surface area contributed by atoms with Crippen LogP contribution in [-0.4, -0.2) is 9.97 Å². The molecule has 0 aliphatic carbocycles. The number of hydrogen-bond donors (Lipinski definition) is 0. The summed E-state index contributed by atoms with van der Waals surface area (Å²) in [5.74, 6) is -2.66. The molecule has 0 aliphatic heterocycles. The molecule has 0 atom stereocenters. The average Bonchev–Trinajstić information content (AvgIpc) is 2.42. The van der Waals surface area contributed by atoms with Crippen LogP contribution < -0.4 is 0 Å². The van der Waals surface area contributed by atoms with E-state index >= 15 is 0 Å². The van der Waals surface area contributed by atoms with Crippen molar-refractivity contribution in [2.75, 3.05) is 0 Å². The topological polar surface area (TPSA) is 25.8 Å². The Kier molecular flexibility index (Phi) is 3.59. The molecule has 0 fully saturated rings. The zero-order chi connectivity index (χ0) is 15.1. The van der Waals surface area contributed by atoms with Gasteiger partial charge in [0, 0.05) is 4.47 Å². The number of fused-ring (bicyclic) bond motifs is 1. The SMILES string of the molecule is Fc1cccc(F)c1-c1nc(Cl)c2c(Br)ccc(F)c2n1. The van der Waals surface area contributed by atoms with Gasteiger partial charge in [-0.1, -0.05) is 17.7 Å². The van der Waals surface area contributed by atoms with Crippen LogP contribution in [0.15, 0.2) is 34.8 Å². The highest BCUT2D eigenvalue weighted by Gasteiger charge is 2.18. The first kappa shape index (κ1) is 14.3. The van der Waals surface area contributed by atoms with Crippen molar-refractivity contribution in [3.05, 3.63) is 57.4 Å². The van der Waals surface area contributed by atoms with Crippen molar-refractivity contribution in [3.8, 4) is 11.4 Å². The number of hydrogen-bond acceptors (Lipinski definition) is 2. The van der Waals surface area contributed by atoms with Gasteiger partial charge in [-0.25, -0.2) is 23.1 Å². The third-order valence-electron chi connectivity index (χ3n) is 2.89. The Balaban J connectivity index is 2.39. The summed E-state index contributed by atoms with van der Waals surface area (Å²) in [4.78, 5) is 7.78. The molecule has 0 N–H and O–H groups in total. The molecule has 0 saturated heterocycles. The molecular weight excluding hydrogens is 369 g/mol. The van der Waals surface area contributed by atoms with Crippen LogP contribution in [0.1, 0.15) is 0 Å². The summed E-state index contributed by atoms with van der Waals surface area (Å²) in [7, 11) is 0. The molecule has 2 nitrogen and oxygen atoms in total. The molecule has 3 aromatic rings. The summed E-state index contributed by atoms with van der Waals surface area (Å²) in [6.45, 7) is 0. The first-order valence-electron chi connectivity index (χ1n) is 5.74. The van der Waals surface area contributed by atoms with Crippen molar-refractivity contribution in [2.24, 2.45) is 0 Å². The fourth-order valence-electron chi connectivity index (χ4n) is 1.95. The number of halogens is 5. The maximum Gasteiger partial charge on any atom is 0.167 e. The molecule has 3 rings (SSSR count). The van der Waals surface area contributed by atoms with E-state index in [9.17, 15) is 13.2 Å². The zero-order valence-electron chi connectivity index (χ0n) is 10.2. The summed E-state index contributed by atoms with van der Waals surface area (Å²) in [5.41, 5.74) is -0.553. The summed E-state index contributed by atoms with van der Waals surface area (Å²) in [6.07, 6.45) is 0. The van der Waals surface area contributed by atoms with Crippen LogP contribution in [-0.2, 0) is 0 Å². The van der Waals surface area contributed by atoms with Gasteiger partial charge in [0.25, 0.3) is 0 Å². The summed E-state index contributed by atoms with van der Waals surface area (Å²) >= 11 is 9.21. The lowest BCUT2D eigenvalue weighted by Crippen LogP contribution is -1.99. The van der Waals surface area contributed by atoms with Gasteiger partial charge in [0.05, 0.1) is 10.9 Å². The maximum absolute atomic E-state index is 13.9. The van der Waals surface area contributed by atoms with Crippen molar-refractivity contribution < 1.29 is 13.2 Å². The predicted molar refractivity (Wildman–Crippen MR) is 77.6 cm³/mol. The van der Waals surface area contributed by atoms with Crippen LogP contribution in [0.2, 0.25) is 5.15 Å². The van der Waals surface area contributed by atoms with Crippen molar-refractivity contribution >= 4 is 38.4 Å². The van der Waals surface area contributed by atoms with Crippen LogP contribution in [0.25, 0.3) is 22.3 Å². The van der Waals surface area contributed by atoms with Gasteiger partial charge in [0.1, 0.15) is 28.1 Å². The largest absolute Gasteiger partial charge is 0.225 e. The minimum Gasteiger partial charge on any atom is -0.225 e. The quantitative estimate of drug-likeness (QED) is 0.553. The third kappa shape index (κ3) is 2.38. The highest BCUT2D eigenvalue weighted by atomic mass is 79.9. The van der Waals surface area contributed by atoms with E-state index in [1.807, 2.05) is 0 Å². The van der Waals surface area contributed by atoms with E-state index in [0.29, 0.717) is 4.47 Å². The minimum absolute atomic E-state index is 0.0935. The fraction of sp³-hybridized carbons (Fsp3) is 0. The number of aromatic nitrogens is 2. The van der Waals surface area contributed by atoms with Crippen molar-refractivity contribution in [3.63, 3.8) is 0 Å². The van der Waals surface area contributed by atoms with Gasteiger partial charge < -0.3 is 0 Å². The highest BCUT2D eigenvalue weighted by Crippen LogP contribution is 2.33. The lowest BCUT2D eigenvalue weighted by Gasteiger charge is -2.08. The van der Waals surface area contributed by atoms with Crippen molar-refractivity contribution in [2.45, 2.75) is 0 Å². The number of benzene rings is 2. The molecule has 0 spiro atoms. The smallest absolute Gasteiger partial charge is 0.167 e. The lowest BCUT2D eigenvalue weighted by molar-refractivity contribution is 0.587. The van der Waals surface area contributed by atoms with Crippen LogP contribution in [0.3, 0.4) is 0 Å². The molecule has 0 aliphatic rings. The van der Waals surface area contributed by atoms with Crippen molar-refractivity contribution in [1.82, 2.24) is 9.97 Å². The second-order valence-electron chi connectivity index (χ2n) is 4.19. The second kappa shape index (κ2) is 5.27. The number of rotatable bonds is 1. The monoisotopic (exact) mass is 372 g/mol. The molecular formula is C14H5BrClF3N2. The Bertz CT molecular complexity index is 850. The maximum atomic E-state index is 13.9. The summed E-state index contributed by atoms with van der Waals surface area (Å²) in [6, 6.07) is 5.98. The first-order valence-corrected chi connectivity index (χ1v) is 6.92. The van der Waals surface area contributed by atoms with E-state index in [2.05, 4.69) is 25.9 Å². The normalized spacial score (nSPS) is 11.1. The molecule has 2 aromatic carbocycles. The molecule has 1 heterocycles. The molecule has 0 radical (unpaired) electrons. The van der Waals surface area contributed by atoms with Crippen LogP contribution in [0, 0.1) is 17.5 Å². The van der Waals surface area contributed by atoms with Gasteiger partial charge >= 0.3 is 0 Å². The Hall–Kier alpha value is -1.66. The third-order valence-corrected chi connectivity index (χ3v) is 3.83. The van der Waals surface area contributed by atoms with E-state index < -0.39 is 23.0 Å². The van der Waals surface area contributed by atoms with E-state index in [4.69, 9.17) is 11.6 Å². The van der Waals surface area contributed by atoms with Crippen LogP contribution >= 0.6 is 27.5 Å². The van der Waals surface area contributed by atoms with E-state index in [0.717, 1.165) is 12.1 Å². The molecule has 0 amide bonds. The summed E-state index contributed by atoms with van der Waals surface area (Å²) < 4.78 is 41.9. The predicted octanol–water partition coefficient (Wildman–Crippen LogP) is 5.13. The van der Waals surface area contributed by atoms with Crippen molar-refractivity contribution in [1.29, 1.82) is 0 Å². The standard InChI is InChI=1S/C14H5BrClF3N2/c15-6-4-5-9(19)12-10(6)13(16)21-14(20-12)11-7(17)2-1-3-8(11)18/h1-5H. The molecule has 0 unspecified atom stereocenters. The Morgan fingerprint density at radius 2 is 1.57 bits per heavy atom. The Morgan fingerprint density at radius 3 is 2.24 bits per heavy atom. The average molecular weight is 374 g/mol. The molecule has 0 bridgehead atoms. The fourth-order valence-corrected chi connectivity index (χ4v) is 2.84. The molecule has 1 aromatic heterocycles.